The quantitative estimate of drug-likeness (QED) is 0.662. The Morgan fingerprint density at radius 1 is 1.19 bits per heavy atom. The van der Waals surface area contributed by atoms with Gasteiger partial charge in [-0.1, -0.05) is 0 Å². The molecule has 0 radical (unpaired) electrons. The summed E-state index contributed by atoms with van der Waals surface area (Å²) < 4.78 is 82.7. The molecular weight excluding hydrogens is 410 g/mol. The average molecular weight is 424 g/mol. The zero-order valence-electron chi connectivity index (χ0n) is 13.9. The van der Waals surface area contributed by atoms with Crippen LogP contribution >= 0.6 is 0 Å². The zero-order chi connectivity index (χ0) is 20.4. The summed E-state index contributed by atoms with van der Waals surface area (Å²) in [7, 11) is -7.15. The molecule has 148 valence electrons. The SMILES string of the molecule is COc1ccc(S(=O)(=O)Nc2nccn(C)c2=O)c(NS(=O)(=O)C(F)F)c1. The van der Waals surface area contributed by atoms with Gasteiger partial charge < -0.3 is 9.30 Å². The Morgan fingerprint density at radius 3 is 2.44 bits per heavy atom. The van der Waals surface area contributed by atoms with Gasteiger partial charge in [0.25, 0.3) is 25.6 Å². The number of nitrogens with zero attached hydrogens (tertiary/aromatic N) is 2. The van der Waals surface area contributed by atoms with E-state index < -0.39 is 47.8 Å². The first-order valence-corrected chi connectivity index (χ1v) is 10.0. The van der Waals surface area contributed by atoms with Crippen LogP contribution in [-0.2, 0) is 27.1 Å². The predicted molar refractivity (Wildman–Crippen MR) is 91.8 cm³/mol. The van der Waals surface area contributed by atoms with E-state index in [1.165, 1.54) is 31.1 Å². The molecule has 0 atom stereocenters. The molecule has 10 nitrogen and oxygen atoms in total. The van der Waals surface area contributed by atoms with E-state index in [0.29, 0.717) is 0 Å². The van der Waals surface area contributed by atoms with Gasteiger partial charge in [-0.3, -0.25) is 14.2 Å². The largest absolute Gasteiger partial charge is 0.497 e. The highest BCUT2D eigenvalue weighted by molar-refractivity contribution is 7.94. The Balaban J connectivity index is 2.56. The van der Waals surface area contributed by atoms with Gasteiger partial charge in [0.2, 0.25) is 5.82 Å². The smallest absolute Gasteiger partial charge is 0.355 e. The van der Waals surface area contributed by atoms with Gasteiger partial charge in [-0.15, -0.1) is 0 Å². The van der Waals surface area contributed by atoms with Crippen molar-refractivity contribution in [1.29, 1.82) is 0 Å². The number of sulfonamides is 2. The van der Waals surface area contributed by atoms with Crippen molar-refractivity contribution < 1.29 is 30.4 Å². The van der Waals surface area contributed by atoms with Crippen LogP contribution in [0.25, 0.3) is 0 Å². The number of benzene rings is 1. The van der Waals surface area contributed by atoms with E-state index in [0.717, 1.165) is 22.9 Å². The molecule has 0 aliphatic heterocycles. The highest BCUT2D eigenvalue weighted by Gasteiger charge is 2.28. The standard InChI is InChI=1S/C13H14F2N4O6S2/c1-19-6-5-16-11(12(19)20)18-26(21,22)10-4-3-8(25-2)7-9(10)17-27(23,24)13(14)15/h3-7,13,17H,1-2H3,(H,16,18). The number of hydrogen-bond acceptors (Lipinski definition) is 7. The molecule has 2 N–H and O–H groups in total. The minimum atomic E-state index is -5.16. The second-order valence-corrected chi connectivity index (χ2v) is 8.37. The van der Waals surface area contributed by atoms with Crippen LogP contribution in [0.1, 0.15) is 0 Å². The van der Waals surface area contributed by atoms with Crippen molar-refractivity contribution in [2.75, 3.05) is 16.6 Å². The summed E-state index contributed by atoms with van der Waals surface area (Å²) in [5.74, 6) is -4.34. The molecule has 0 fully saturated rings. The number of aromatic nitrogens is 2. The third-order valence-corrected chi connectivity index (χ3v) is 5.58. The Labute approximate surface area is 152 Å². The van der Waals surface area contributed by atoms with Crippen molar-refractivity contribution in [2.24, 2.45) is 7.05 Å². The number of anilines is 2. The monoisotopic (exact) mass is 424 g/mol. The van der Waals surface area contributed by atoms with Crippen molar-refractivity contribution in [3.8, 4) is 5.75 Å². The minimum Gasteiger partial charge on any atom is -0.497 e. The van der Waals surface area contributed by atoms with Crippen molar-refractivity contribution in [1.82, 2.24) is 9.55 Å². The lowest BCUT2D eigenvalue weighted by Gasteiger charge is -2.14. The van der Waals surface area contributed by atoms with Gasteiger partial charge in [0.1, 0.15) is 10.6 Å². The Bertz CT molecular complexity index is 1120. The molecule has 1 aromatic heterocycles. The molecule has 0 amide bonds. The second kappa shape index (κ2) is 7.48. The second-order valence-electron chi connectivity index (χ2n) is 5.07. The molecule has 2 rings (SSSR count). The summed E-state index contributed by atoms with van der Waals surface area (Å²) in [4.78, 5) is 14.8. The molecule has 0 bridgehead atoms. The predicted octanol–water partition coefficient (Wildman–Crippen LogP) is 0.554. The van der Waals surface area contributed by atoms with Gasteiger partial charge in [0, 0.05) is 25.5 Å². The lowest BCUT2D eigenvalue weighted by atomic mass is 10.3. The van der Waals surface area contributed by atoms with E-state index in [9.17, 15) is 30.4 Å². The fraction of sp³-hybridized carbons (Fsp3) is 0.231. The first-order chi connectivity index (χ1) is 12.5. The summed E-state index contributed by atoms with van der Waals surface area (Å²) in [5.41, 5.74) is -1.46. The number of ether oxygens (including phenoxy) is 1. The topological polar surface area (TPSA) is 136 Å². The molecule has 1 heterocycles. The van der Waals surface area contributed by atoms with Gasteiger partial charge in [-0.25, -0.2) is 21.8 Å². The molecule has 2 aromatic rings. The Kier molecular flexibility index (Phi) is 5.70. The van der Waals surface area contributed by atoms with Crippen LogP contribution in [-0.4, -0.2) is 39.3 Å². The number of halogens is 2. The molecule has 14 heteroatoms. The molecule has 0 aliphatic carbocycles. The molecule has 27 heavy (non-hydrogen) atoms. The summed E-state index contributed by atoms with van der Waals surface area (Å²) >= 11 is 0. The van der Waals surface area contributed by atoms with Crippen LogP contribution in [0.4, 0.5) is 20.3 Å². The molecule has 0 saturated heterocycles. The van der Waals surface area contributed by atoms with Crippen molar-refractivity contribution >= 4 is 31.6 Å². The summed E-state index contributed by atoms with van der Waals surface area (Å²) in [6, 6.07) is 3.01. The fourth-order valence-electron chi connectivity index (χ4n) is 1.90. The maximum atomic E-state index is 12.7. The maximum absolute atomic E-state index is 12.7. The Morgan fingerprint density at radius 2 is 1.85 bits per heavy atom. The van der Waals surface area contributed by atoms with Gasteiger partial charge in [-0.2, -0.15) is 8.78 Å². The molecule has 0 saturated carbocycles. The number of hydrogen-bond donors (Lipinski definition) is 2. The summed E-state index contributed by atoms with van der Waals surface area (Å²) in [6.07, 6.45) is 2.45. The van der Waals surface area contributed by atoms with E-state index in [1.807, 2.05) is 4.72 Å². The van der Waals surface area contributed by atoms with E-state index in [-0.39, 0.29) is 5.75 Å². The fourth-order valence-corrected chi connectivity index (χ4v) is 3.68. The lowest BCUT2D eigenvalue weighted by Crippen LogP contribution is -2.27. The number of alkyl halides is 2. The Hall–Kier alpha value is -2.74. The zero-order valence-corrected chi connectivity index (χ0v) is 15.5. The van der Waals surface area contributed by atoms with Gasteiger partial charge in [0.05, 0.1) is 12.8 Å². The molecule has 0 aliphatic rings. The van der Waals surface area contributed by atoms with Gasteiger partial charge in [-0.05, 0) is 12.1 Å². The number of rotatable bonds is 7. The first-order valence-electron chi connectivity index (χ1n) is 7.00. The van der Waals surface area contributed by atoms with Crippen molar-refractivity contribution in [3.05, 3.63) is 40.9 Å². The van der Waals surface area contributed by atoms with Crippen LogP contribution in [0.5, 0.6) is 5.75 Å². The van der Waals surface area contributed by atoms with E-state index in [4.69, 9.17) is 4.74 Å². The number of aryl methyl sites for hydroxylation is 1. The van der Waals surface area contributed by atoms with Crippen LogP contribution in [0.15, 0.2) is 40.3 Å². The molecule has 1 aromatic carbocycles. The minimum absolute atomic E-state index is 0.00895. The van der Waals surface area contributed by atoms with Gasteiger partial charge in [0.15, 0.2) is 0 Å². The van der Waals surface area contributed by atoms with E-state index in [1.54, 1.807) is 0 Å². The van der Waals surface area contributed by atoms with Crippen molar-refractivity contribution in [3.63, 3.8) is 0 Å². The molecule has 0 spiro atoms. The van der Waals surface area contributed by atoms with Crippen LogP contribution < -0.4 is 19.7 Å². The van der Waals surface area contributed by atoms with Crippen LogP contribution in [0, 0.1) is 0 Å². The third kappa shape index (κ3) is 4.51. The molecular formula is C13H14F2N4O6S2. The van der Waals surface area contributed by atoms with E-state index >= 15 is 0 Å². The summed E-state index contributed by atoms with van der Waals surface area (Å²) in [6.45, 7) is 0. The maximum Gasteiger partial charge on any atom is 0.355 e. The first kappa shape index (κ1) is 20.6. The molecule has 0 unspecified atom stereocenters. The van der Waals surface area contributed by atoms with Crippen LogP contribution in [0.3, 0.4) is 0 Å². The lowest BCUT2D eigenvalue weighted by molar-refractivity contribution is 0.236. The third-order valence-electron chi connectivity index (χ3n) is 3.21. The summed E-state index contributed by atoms with van der Waals surface area (Å²) in [5, 5.41) is 0. The number of methoxy groups -OCH3 is 1. The van der Waals surface area contributed by atoms with Crippen LogP contribution in [0.2, 0.25) is 0 Å². The van der Waals surface area contributed by atoms with Crippen molar-refractivity contribution in [2.45, 2.75) is 10.7 Å². The van der Waals surface area contributed by atoms with Gasteiger partial charge >= 0.3 is 5.76 Å². The normalized spacial score (nSPS) is 12.0. The highest BCUT2D eigenvalue weighted by atomic mass is 32.2. The average Bonchev–Trinajstić information content (AvgIpc) is 2.58. The highest BCUT2D eigenvalue weighted by Crippen LogP contribution is 2.29. The van der Waals surface area contributed by atoms with E-state index in [2.05, 4.69) is 4.98 Å². The number of nitrogens with one attached hydrogen (secondary N) is 2.